The van der Waals surface area contributed by atoms with Gasteiger partial charge in [-0.25, -0.2) is 0 Å². The van der Waals surface area contributed by atoms with Crippen molar-refractivity contribution in [1.82, 2.24) is 19.6 Å². The van der Waals surface area contributed by atoms with Crippen LogP contribution in [0.3, 0.4) is 0 Å². The summed E-state index contributed by atoms with van der Waals surface area (Å²) >= 11 is 13.4. The Morgan fingerprint density at radius 2 is 1.10 bits per heavy atom. The molecule has 7 rings (SSSR count). The Morgan fingerprint density at radius 1 is 0.627 bits per heavy atom. The first-order valence-corrected chi connectivity index (χ1v) is 19.0. The van der Waals surface area contributed by atoms with Crippen molar-refractivity contribution in [2.45, 2.75) is 32.1 Å². The van der Waals surface area contributed by atoms with E-state index in [9.17, 15) is 19.2 Å². The summed E-state index contributed by atoms with van der Waals surface area (Å²) in [7, 11) is 0. The number of hydrogen-bond donors (Lipinski definition) is 0. The molecule has 0 N–H and O–H groups in total. The third kappa shape index (κ3) is 8.03. The zero-order chi connectivity index (χ0) is 35.5. The minimum atomic E-state index is -0.223. The van der Waals surface area contributed by atoms with E-state index < -0.39 is 0 Å². The van der Waals surface area contributed by atoms with Crippen molar-refractivity contribution >= 4 is 92.4 Å². The van der Waals surface area contributed by atoms with E-state index >= 15 is 0 Å². The first-order chi connectivity index (χ1) is 24.7. The van der Waals surface area contributed by atoms with E-state index in [1.807, 2.05) is 36.4 Å². The summed E-state index contributed by atoms with van der Waals surface area (Å²) in [6.45, 7) is 2.89. The van der Waals surface area contributed by atoms with Gasteiger partial charge in [-0.15, -0.1) is 0 Å². The van der Waals surface area contributed by atoms with Gasteiger partial charge in [0.2, 0.25) is 25.4 Å². The van der Waals surface area contributed by atoms with Crippen LogP contribution in [0.4, 0.5) is 0 Å². The molecule has 4 amide bonds. The molecule has 266 valence electrons. The maximum atomic E-state index is 13.1. The van der Waals surface area contributed by atoms with Crippen molar-refractivity contribution < 1.29 is 38.1 Å². The largest absolute Gasteiger partial charge is 0.454 e. The van der Waals surface area contributed by atoms with Crippen molar-refractivity contribution in [3.05, 3.63) is 57.3 Å². The van der Waals surface area contributed by atoms with Crippen molar-refractivity contribution in [2.24, 2.45) is 0 Å². The Hall–Kier alpha value is -4.12. The second kappa shape index (κ2) is 15.6. The average Bonchev–Trinajstić information content (AvgIpc) is 3.91. The quantitative estimate of drug-likeness (QED) is 0.177. The van der Waals surface area contributed by atoms with Crippen LogP contribution in [0.25, 0.3) is 12.2 Å². The number of ether oxygens (including phenoxy) is 4. The summed E-state index contributed by atoms with van der Waals surface area (Å²) in [6.07, 6.45) is 6.35. The number of carbonyl (C=O) groups is 4. The van der Waals surface area contributed by atoms with Crippen LogP contribution in [0.15, 0.2) is 46.2 Å². The molecule has 3 fully saturated rings. The highest BCUT2D eigenvalue weighted by Gasteiger charge is 2.34. The second-order valence-electron chi connectivity index (χ2n) is 12.2. The number of nitrogens with zero attached hydrogens (tertiary/aromatic N) is 4. The van der Waals surface area contributed by atoms with E-state index in [0.717, 1.165) is 24.0 Å². The van der Waals surface area contributed by atoms with E-state index in [4.69, 9.17) is 43.4 Å². The highest BCUT2D eigenvalue weighted by atomic mass is 32.2. The molecule has 16 heteroatoms. The van der Waals surface area contributed by atoms with E-state index in [0.29, 0.717) is 87.0 Å². The predicted octanol–water partition coefficient (Wildman–Crippen LogP) is 4.87. The average molecular weight is 767 g/mol. The van der Waals surface area contributed by atoms with Gasteiger partial charge >= 0.3 is 0 Å². The summed E-state index contributed by atoms with van der Waals surface area (Å²) in [4.78, 5) is 59.7. The van der Waals surface area contributed by atoms with Gasteiger partial charge in [-0.2, -0.15) is 0 Å². The lowest BCUT2D eigenvalue weighted by atomic mass is 10.1. The number of thioether (sulfide) groups is 2. The molecule has 3 saturated heterocycles. The minimum Gasteiger partial charge on any atom is -0.454 e. The maximum Gasteiger partial charge on any atom is 0.266 e. The van der Waals surface area contributed by atoms with Gasteiger partial charge in [0.25, 0.3) is 11.8 Å². The summed E-state index contributed by atoms with van der Waals surface area (Å²) in [6, 6.07) is 11.0. The standard InChI is InChI=1S/C35H34N4O8S4/c40-30(4-2-1-3-10-38-32(42)28(50-34(38)48)18-22-5-7-24-26(16-22)46-20-44-24)36-12-14-37(15-13-36)31(41)9-11-39-33(43)29(51-35(39)49)19-23-6-8-25-27(17-23)47-21-45-25/h5-8,16-19H,1-4,9-15,20-21H2/b28-18-,29-19+. The Morgan fingerprint density at radius 3 is 1.63 bits per heavy atom. The van der Waals surface area contributed by atoms with Crippen molar-refractivity contribution in [3.8, 4) is 23.0 Å². The first-order valence-electron chi connectivity index (χ1n) is 16.6. The predicted molar refractivity (Wildman–Crippen MR) is 201 cm³/mol. The first kappa shape index (κ1) is 35.3. The van der Waals surface area contributed by atoms with Gasteiger partial charge in [0.15, 0.2) is 23.0 Å². The van der Waals surface area contributed by atoms with Gasteiger partial charge < -0.3 is 28.7 Å². The van der Waals surface area contributed by atoms with Crippen LogP contribution in [0, 0.1) is 0 Å². The zero-order valence-corrected chi connectivity index (χ0v) is 30.8. The Labute approximate surface area is 314 Å². The Kier molecular flexibility index (Phi) is 10.8. The number of amides is 4. The fraction of sp³-hybridized carbons (Fsp3) is 0.371. The third-order valence-corrected chi connectivity index (χ3v) is 11.7. The normalized spacial score (nSPS) is 19.8. The molecular formula is C35H34N4O8S4. The van der Waals surface area contributed by atoms with Crippen LogP contribution in [0.5, 0.6) is 23.0 Å². The number of benzene rings is 2. The molecule has 0 spiro atoms. The lowest BCUT2D eigenvalue weighted by molar-refractivity contribution is -0.140. The molecule has 12 nitrogen and oxygen atoms in total. The molecule has 0 unspecified atom stereocenters. The van der Waals surface area contributed by atoms with E-state index in [-0.39, 0.29) is 50.2 Å². The lowest BCUT2D eigenvalue weighted by Crippen LogP contribution is -2.51. The number of unbranched alkanes of at least 4 members (excludes halogenated alkanes) is 2. The summed E-state index contributed by atoms with van der Waals surface area (Å²) in [5, 5.41) is 0. The molecule has 0 aliphatic carbocycles. The van der Waals surface area contributed by atoms with Gasteiger partial charge in [-0.05, 0) is 60.4 Å². The minimum absolute atomic E-state index is 0.0613. The van der Waals surface area contributed by atoms with Gasteiger partial charge in [0, 0.05) is 52.1 Å². The molecule has 2 aromatic rings. The number of carbonyl (C=O) groups excluding carboxylic acids is 4. The van der Waals surface area contributed by atoms with Crippen LogP contribution in [-0.2, 0) is 19.2 Å². The van der Waals surface area contributed by atoms with Crippen LogP contribution < -0.4 is 18.9 Å². The summed E-state index contributed by atoms with van der Waals surface area (Å²) < 4.78 is 22.5. The highest BCUT2D eigenvalue weighted by Crippen LogP contribution is 2.38. The van der Waals surface area contributed by atoms with Gasteiger partial charge in [-0.3, -0.25) is 29.0 Å². The Balaban J connectivity index is 0.792. The summed E-state index contributed by atoms with van der Waals surface area (Å²) in [5.74, 6) is 2.29. The third-order valence-electron chi connectivity index (χ3n) is 8.94. The molecule has 0 radical (unpaired) electrons. The molecule has 51 heavy (non-hydrogen) atoms. The van der Waals surface area contributed by atoms with E-state index in [2.05, 4.69) is 0 Å². The molecule has 2 aromatic carbocycles. The molecule has 0 atom stereocenters. The van der Waals surface area contributed by atoms with Gasteiger partial charge in [0.1, 0.15) is 8.64 Å². The molecule has 0 bridgehead atoms. The van der Waals surface area contributed by atoms with Crippen molar-refractivity contribution in [2.75, 3.05) is 52.9 Å². The summed E-state index contributed by atoms with van der Waals surface area (Å²) in [5.41, 5.74) is 1.64. The number of rotatable bonds is 11. The van der Waals surface area contributed by atoms with E-state index in [1.165, 1.54) is 28.4 Å². The number of hydrogen-bond acceptors (Lipinski definition) is 12. The molecule has 0 saturated carbocycles. The lowest BCUT2D eigenvalue weighted by Gasteiger charge is -2.35. The number of fused-ring (bicyclic) bond motifs is 2. The second-order valence-corrected chi connectivity index (χ2v) is 15.6. The Bertz CT molecular complexity index is 1860. The van der Waals surface area contributed by atoms with Gasteiger partial charge in [-0.1, -0.05) is 66.5 Å². The zero-order valence-electron chi connectivity index (χ0n) is 27.5. The number of thiocarbonyl (C=S) groups is 2. The van der Waals surface area contributed by atoms with Crippen molar-refractivity contribution in [1.29, 1.82) is 0 Å². The molecular weight excluding hydrogens is 733 g/mol. The maximum absolute atomic E-state index is 13.1. The SMILES string of the molecule is O=C(CCCCCN1C(=O)/C(=C/c2ccc3c(c2)OCO3)SC1=S)N1CCN(C(=O)CCN2C(=O)/C(=C\c3ccc4c(c3)OCO4)SC2=S)CC1. The van der Waals surface area contributed by atoms with E-state index in [1.54, 1.807) is 26.8 Å². The topological polar surface area (TPSA) is 118 Å². The fourth-order valence-electron chi connectivity index (χ4n) is 6.15. The fourth-order valence-corrected chi connectivity index (χ4v) is 8.76. The van der Waals surface area contributed by atoms with Crippen LogP contribution in [-0.4, -0.2) is 105 Å². The highest BCUT2D eigenvalue weighted by molar-refractivity contribution is 8.27. The molecule has 0 aromatic heterocycles. The van der Waals surface area contributed by atoms with Gasteiger partial charge in [0.05, 0.1) is 9.81 Å². The van der Waals surface area contributed by atoms with Crippen molar-refractivity contribution in [3.63, 3.8) is 0 Å². The number of piperazine rings is 1. The molecule has 5 heterocycles. The molecule has 5 aliphatic rings. The monoisotopic (exact) mass is 766 g/mol. The van der Waals surface area contributed by atoms with Crippen LogP contribution in [0.2, 0.25) is 0 Å². The van der Waals surface area contributed by atoms with Crippen LogP contribution >= 0.6 is 48.0 Å². The smallest absolute Gasteiger partial charge is 0.266 e. The van der Waals surface area contributed by atoms with Crippen LogP contribution in [0.1, 0.15) is 43.2 Å². The molecule has 5 aliphatic heterocycles.